The highest BCUT2D eigenvalue weighted by Gasteiger charge is 2.29. The Morgan fingerprint density at radius 2 is 2.00 bits per heavy atom. The van der Waals surface area contributed by atoms with Gasteiger partial charge in [-0.15, -0.1) is 0 Å². The van der Waals surface area contributed by atoms with Gasteiger partial charge < -0.3 is 24.4 Å². The Kier molecular flexibility index (Phi) is 9.55. The number of rotatable bonds is 9. The van der Waals surface area contributed by atoms with Crippen LogP contribution in [0.3, 0.4) is 0 Å². The lowest BCUT2D eigenvalue weighted by atomic mass is 9.96. The summed E-state index contributed by atoms with van der Waals surface area (Å²) in [6.45, 7) is 4.35. The summed E-state index contributed by atoms with van der Waals surface area (Å²) in [6, 6.07) is 4.83. The fourth-order valence-corrected chi connectivity index (χ4v) is 3.24. The lowest BCUT2D eigenvalue weighted by Gasteiger charge is -2.27. The van der Waals surface area contributed by atoms with Gasteiger partial charge >= 0.3 is 6.18 Å². The molecule has 1 aromatic rings. The fourth-order valence-electron chi connectivity index (χ4n) is 3.24. The molecule has 2 rings (SSSR count). The van der Waals surface area contributed by atoms with Gasteiger partial charge in [0.2, 0.25) is 0 Å². The predicted molar refractivity (Wildman–Crippen MR) is 110 cm³/mol. The number of halogens is 3. The molecule has 0 saturated carbocycles. The van der Waals surface area contributed by atoms with Crippen molar-refractivity contribution in [2.75, 3.05) is 47.1 Å². The number of nitrogens with zero attached hydrogens (tertiary/aromatic N) is 2. The third-order valence-corrected chi connectivity index (χ3v) is 4.94. The number of alkyl halides is 3. The molecule has 0 aliphatic carbocycles. The molecular weight excluding hydrogens is 399 g/mol. The maximum absolute atomic E-state index is 12.4. The summed E-state index contributed by atoms with van der Waals surface area (Å²) in [4.78, 5) is 6.78. The molecule has 9 heteroatoms. The lowest BCUT2D eigenvalue weighted by molar-refractivity contribution is -0.153. The van der Waals surface area contributed by atoms with Crippen molar-refractivity contribution in [1.82, 2.24) is 10.2 Å². The van der Waals surface area contributed by atoms with Crippen LogP contribution in [0.2, 0.25) is 0 Å². The van der Waals surface area contributed by atoms with Crippen molar-refractivity contribution < 1.29 is 27.4 Å². The van der Waals surface area contributed by atoms with Gasteiger partial charge in [-0.05, 0) is 49.8 Å². The van der Waals surface area contributed by atoms with E-state index in [1.807, 2.05) is 14.0 Å². The van der Waals surface area contributed by atoms with E-state index in [4.69, 9.17) is 14.2 Å². The minimum Gasteiger partial charge on any atom is -0.493 e. The zero-order valence-corrected chi connectivity index (χ0v) is 17.9. The van der Waals surface area contributed by atoms with Gasteiger partial charge in [0.05, 0.1) is 13.7 Å². The molecule has 1 fully saturated rings. The maximum atomic E-state index is 12.4. The van der Waals surface area contributed by atoms with Crippen molar-refractivity contribution in [2.45, 2.75) is 38.9 Å². The van der Waals surface area contributed by atoms with E-state index in [1.165, 1.54) is 13.2 Å². The molecule has 6 nitrogen and oxygen atoms in total. The Morgan fingerprint density at radius 1 is 1.27 bits per heavy atom. The summed E-state index contributed by atoms with van der Waals surface area (Å²) in [7, 11) is 3.41. The average Bonchev–Trinajstić information content (AvgIpc) is 2.73. The van der Waals surface area contributed by atoms with Crippen LogP contribution in [0.4, 0.5) is 13.2 Å². The Labute approximate surface area is 176 Å². The molecule has 30 heavy (non-hydrogen) atoms. The summed E-state index contributed by atoms with van der Waals surface area (Å²) >= 11 is 0. The van der Waals surface area contributed by atoms with Crippen LogP contribution in [0, 0.1) is 5.92 Å². The Balaban J connectivity index is 1.98. The molecule has 0 spiro atoms. The first kappa shape index (κ1) is 24.1. The van der Waals surface area contributed by atoms with Crippen molar-refractivity contribution in [3.63, 3.8) is 0 Å². The highest BCUT2D eigenvalue weighted by molar-refractivity contribution is 5.79. The van der Waals surface area contributed by atoms with Gasteiger partial charge in [0.1, 0.15) is 0 Å². The summed E-state index contributed by atoms with van der Waals surface area (Å²) in [5, 5.41) is 3.29. The van der Waals surface area contributed by atoms with Crippen LogP contribution in [0.5, 0.6) is 11.5 Å². The number of guanidine groups is 1. The molecule has 0 atom stereocenters. The van der Waals surface area contributed by atoms with Crippen molar-refractivity contribution in [1.29, 1.82) is 0 Å². The van der Waals surface area contributed by atoms with E-state index in [2.05, 4.69) is 15.2 Å². The second kappa shape index (κ2) is 11.9. The van der Waals surface area contributed by atoms with Gasteiger partial charge in [-0.2, -0.15) is 13.2 Å². The molecule has 1 aliphatic rings. The van der Waals surface area contributed by atoms with Gasteiger partial charge in [-0.25, -0.2) is 4.99 Å². The standard InChI is InChI=1S/C21H32F3N3O3/c1-4-25-20(27(2)10-7-16-8-11-29-12-9-16)26-14-17-5-6-18(19(13-17)28-3)30-15-21(22,23)24/h5-6,13,16H,4,7-12,14-15H2,1-3H3,(H,25,26). The Morgan fingerprint density at radius 3 is 2.63 bits per heavy atom. The van der Waals surface area contributed by atoms with Gasteiger partial charge in [0.15, 0.2) is 24.1 Å². The minimum atomic E-state index is -4.40. The van der Waals surface area contributed by atoms with Crippen LogP contribution in [-0.4, -0.2) is 64.1 Å². The second-order valence-electron chi connectivity index (χ2n) is 7.33. The summed E-state index contributed by atoms with van der Waals surface area (Å²) in [6.07, 6.45) is -1.11. The smallest absolute Gasteiger partial charge is 0.422 e. The summed E-state index contributed by atoms with van der Waals surface area (Å²) < 4.78 is 52.6. The maximum Gasteiger partial charge on any atom is 0.422 e. The van der Waals surface area contributed by atoms with E-state index in [-0.39, 0.29) is 11.5 Å². The van der Waals surface area contributed by atoms with E-state index >= 15 is 0 Å². The van der Waals surface area contributed by atoms with Crippen LogP contribution < -0.4 is 14.8 Å². The number of ether oxygens (including phenoxy) is 3. The number of benzene rings is 1. The van der Waals surface area contributed by atoms with Crippen molar-refractivity contribution in [3.8, 4) is 11.5 Å². The summed E-state index contributed by atoms with van der Waals surface area (Å²) in [5.74, 6) is 1.78. The first-order valence-electron chi connectivity index (χ1n) is 10.3. The molecular formula is C21H32F3N3O3. The number of hydrogen-bond donors (Lipinski definition) is 1. The van der Waals surface area contributed by atoms with Crippen molar-refractivity contribution in [3.05, 3.63) is 23.8 Å². The van der Waals surface area contributed by atoms with Gasteiger partial charge in [0.25, 0.3) is 0 Å². The SMILES string of the molecule is CCNC(=NCc1ccc(OCC(F)(F)F)c(OC)c1)N(C)CCC1CCOCC1. The average molecular weight is 431 g/mol. The number of nitrogens with one attached hydrogen (secondary N) is 1. The monoisotopic (exact) mass is 431 g/mol. The molecule has 0 amide bonds. The first-order valence-corrected chi connectivity index (χ1v) is 10.3. The van der Waals surface area contributed by atoms with Crippen molar-refractivity contribution in [2.24, 2.45) is 10.9 Å². The highest BCUT2D eigenvalue weighted by atomic mass is 19.4. The molecule has 1 aliphatic heterocycles. The lowest BCUT2D eigenvalue weighted by Crippen LogP contribution is -2.40. The number of aliphatic imine (C=N–C) groups is 1. The van der Waals surface area contributed by atoms with E-state index in [1.54, 1.807) is 12.1 Å². The van der Waals surface area contributed by atoms with Crippen molar-refractivity contribution >= 4 is 5.96 Å². The summed E-state index contributed by atoms with van der Waals surface area (Å²) in [5.41, 5.74) is 0.819. The van der Waals surface area contributed by atoms with Gasteiger partial charge in [0, 0.05) is 33.4 Å². The van der Waals surface area contributed by atoms with Crippen LogP contribution in [0.1, 0.15) is 31.7 Å². The third-order valence-electron chi connectivity index (χ3n) is 4.94. The molecule has 1 heterocycles. The van der Waals surface area contributed by atoms with Crippen LogP contribution >= 0.6 is 0 Å². The van der Waals surface area contributed by atoms with Crippen LogP contribution in [0.15, 0.2) is 23.2 Å². The number of methoxy groups -OCH3 is 1. The first-order chi connectivity index (χ1) is 14.3. The van der Waals surface area contributed by atoms with Gasteiger partial charge in [-0.1, -0.05) is 6.07 Å². The zero-order valence-electron chi connectivity index (χ0n) is 17.9. The molecule has 170 valence electrons. The van der Waals surface area contributed by atoms with Crippen LogP contribution in [0.25, 0.3) is 0 Å². The zero-order chi connectivity index (χ0) is 22.0. The van der Waals surface area contributed by atoms with E-state index < -0.39 is 12.8 Å². The van der Waals surface area contributed by atoms with Crippen LogP contribution in [-0.2, 0) is 11.3 Å². The molecule has 1 aromatic carbocycles. The largest absolute Gasteiger partial charge is 0.493 e. The highest BCUT2D eigenvalue weighted by Crippen LogP contribution is 2.30. The van der Waals surface area contributed by atoms with E-state index in [0.29, 0.717) is 12.5 Å². The Bertz CT molecular complexity index is 677. The third kappa shape index (κ3) is 8.30. The molecule has 1 saturated heterocycles. The molecule has 0 radical (unpaired) electrons. The predicted octanol–water partition coefficient (Wildman–Crippen LogP) is 3.85. The molecule has 0 bridgehead atoms. The molecule has 0 unspecified atom stereocenters. The quantitative estimate of drug-likeness (QED) is 0.476. The minimum absolute atomic E-state index is 0.0584. The van der Waals surface area contributed by atoms with Gasteiger partial charge in [-0.3, -0.25) is 0 Å². The topological polar surface area (TPSA) is 55.3 Å². The molecule has 0 aromatic heterocycles. The number of hydrogen-bond acceptors (Lipinski definition) is 4. The normalized spacial score (nSPS) is 15.7. The Hall–Kier alpha value is -2.16. The fraction of sp³-hybridized carbons (Fsp3) is 0.667. The second-order valence-corrected chi connectivity index (χ2v) is 7.33. The van der Waals surface area contributed by atoms with E-state index in [0.717, 1.165) is 57.1 Å². The van der Waals surface area contributed by atoms with E-state index in [9.17, 15) is 13.2 Å². The molecule has 1 N–H and O–H groups in total.